The van der Waals surface area contributed by atoms with Crippen molar-refractivity contribution in [1.82, 2.24) is 5.32 Å². The molecule has 0 spiro atoms. The van der Waals surface area contributed by atoms with Crippen LogP contribution in [-0.4, -0.2) is 26.3 Å². The molecule has 0 atom stereocenters. The quantitative estimate of drug-likeness (QED) is 0.672. The first-order valence-electron chi connectivity index (χ1n) is 6.72. The summed E-state index contributed by atoms with van der Waals surface area (Å²) >= 11 is 0. The molecule has 0 aromatic heterocycles. The smallest absolute Gasteiger partial charge is 0.0689 e. The molecule has 0 aromatic carbocycles. The van der Waals surface area contributed by atoms with Crippen molar-refractivity contribution in [1.29, 1.82) is 0 Å². The van der Waals surface area contributed by atoms with E-state index in [0.717, 1.165) is 32.7 Å². The summed E-state index contributed by atoms with van der Waals surface area (Å²) in [4.78, 5) is 0. The van der Waals surface area contributed by atoms with Gasteiger partial charge in [0.25, 0.3) is 0 Å². The van der Waals surface area contributed by atoms with Gasteiger partial charge in [-0.2, -0.15) is 0 Å². The predicted molar refractivity (Wildman–Crippen MR) is 69.7 cm³/mol. The second-order valence-electron chi connectivity index (χ2n) is 4.87. The van der Waals surface area contributed by atoms with Gasteiger partial charge in [0.05, 0.1) is 13.2 Å². The fourth-order valence-corrected chi connectivity index (χ4v) is 2.34. The Morgan fingerprint density at radius 1 is 1.25 bits per heavy atom. The summed E-state index contributed by atoms with van der Waals surface area (Å²) in [5.41, 5.74) is 1.92. The van der Waals surface area contributed by atoms with Crippen LogP contribution in [0, 0.1) is 5.41 Å². The van der Waals surface area contributed by atoms with Crippen molar-refractivity contribution in [2.45, 2.75) is 46.5 Å². The highest BCUT2D eigenvalue weighted by Gasteiger charge is 2.23. The Balaban J connectivity index is 2.29. The maximum Gasteiger partial charge on any atom is 0.0689 e. The van der Waals surface area contributed by atoms with E-state index < -0.39 is 0 Å². The number of hydrogen-bond donors (Lipinski definition) is 1. The highest BCUT2D eigenvalue weighted by atomic mass is 16.5. The molecular formula is C14H27NO. The highest BCUT2D eigenvalue weighted by Crippen LogP contribution is 2.29. The minimum Gasteiger partial charge on any atom is -0.377 e. The Morgan fingerprint density at radius 2 is 1.94 bits per heavy atom. The third kappa shape index (κ3) is 3.91. The van der Waals surface area contributed by atoms with Crippen LogP contribution in [0.5, 0.6) is 0 Å². The zero-order valence-corrected chi connectivity index (χ0v) is 11.1. The topological polar surface area (TPSA) is 21.3 Å². The fraction of sp³-hybridized carbons (Fsp3) is 0.857. The predicted octanol–water partition coefficient (Wildman–Crippen LogP) is 3.14. The Labute approximate surface area is 100 Å². The lowest BCUT2D eigenvalue weighted by Crippen LogP contribution is -2.34. The molecule has 0 bridgehead atoms. The molecule has 1 heterocycles. The fourth-order valence-electron chi connectivity index (χ4n) is 2.34. The van der Waals surface area contributed by atoms with Gasteiger partial charge < -0.3 is 10.1 Å². The van der Waals surface area contributed by atoms with E-state index in [9.17, 15) is 0 Å². The van der Waals surface area contributed by atoms with Crippen LogP contribution >= 0.6 is 0 Å². The van der Waals surface area contributed by atoms with E-state index in [1.807, 2.05) is 0 Å². The summed E-state index contributed by atoms with van der Waals surface area (Å²) in [6.45, 7) is 10.8. The molecule has 1 rings (SSSR count). The molecule has 0 radical (unpaired) electrons. The van der Waals surface area contributed by atoms with Crippen molar-refractivity contribution in [2.24, 2.45) is 5.41 Å². The van der Waals surface area contributed by atoms with Gasteiger partial charge in [-0.05, 0) is 36.7 Å². The first-order chi connectivity index (χ1) is 7.76. The van der Waals surface area contributed by atoms with Gasteiger partial charge in [0.1, 0.15) is 0 Å². The standard InChI is InChI=1S/C14H27NO/c1-4-14(5-2,6-3)12-15-10-13-8-7-9-16-11-13/h8,15H,4-7,9-12H2,1-3H3. The second-order valence-corrected chi connectivity index (χ2v) is 4.87. The SMILES string of the molecule is CCC(CC)(CC)CNCC1=CCCOC1. The van der Waals surface area contributed by atoms with Crippen LogP contribution < -0.4 is 5.32 Å². The summed E-state index contributed by atoms with van der Waals surface area (Å²) < 4.78 is 5.44. The molecule has 2 nitrogen and oxygen atoms in total. The third-order valence-corrected chi connectivity index (χ3v) is 4.08. The lowest BCUT2D eigenvalue weighted by Gasteiger charge is -2.31. The van der Waals surface area contributed by atoms with Gasteiger partial charge in [0.2, 0.25) is 0 Å². The monoisotopic (exact) mass is 225 g/mol. The summed E-state index contributed by atoms with van der Waals surface area (Å²) in [6.07, 6.45) is 7.20. The largest absolute Gasteiger partial charge is 0.377 e. The molecule has 0 saturated carbocycles. The Kier molecular flexibility index (Phi) is 6.07. The molecule has 94 valence electrons. The van der Waals surface area contributed by atoms with Crippen LogP contribution in [0.15, 0.2) is 11.6 Å². The van der Waals surface area contributed by atoms with E-state index in [-0.39, 0.29) is 0 Å². The number of ether oxygens (including phenoxy) is 1. The van der Waals surface area contributed by atoms with Crippen molar-refractivity contribution >= 4 is 0 Å². The maximum absolute atomic E-state index is 5.44. The summed E-state index contributed by atoms with van der Waals surface area (Å²) in [6, 6.07) is 0. The average Bonchev–Trinajstić information content (AvgIpc) is 2.37. The molecule has 0 saturated heterocycles. The molecular weight excluding hydrogens is 198 g/mol. The Morgan fingerprint density at radius 3 is 2.44 bits per heavy atom. The summed E-state index contributed by atoms with van der Waals surface area (Å²) in [5, 5.41) is 3.60. The summed E-state index contributed by atoms with van der Waals surface area (Å²) in [7, 11) is 0. The van der Waals surface area contributed by atoms with Gasteiger partial charge in [-0.3, -0.25) is 0 Å². The normalized spacial score (nSPS) is 17.3. The van der Waals surface area contributed by atoms with Gasteiger partial charge in [-0.25, -0.2) is 0 Å². The van der Waals surface area contributed by atoms with E-state index in [1.54, 1.807) is 0 Å². The first kappa shape index (κ1) is 13.7. The minimum absolute atomic E-state index is 0.496. The second kappa shape index (κ2) is 7.08. The van der Waals surface area contributed by atoms with Gasteiger partial charge in [-0.1, -0.05) is 26.8 Å². The van der Waals surface area contributed by atoms with Crippen LogP contribution in [0.1, 0.15) is 46.5 Å². The van der Waals surface area contributed by atoms with E-state index in [0.29, 0.717) is 5.41 Å². The zero-order valence-electron chi connectivity index (χ0n) is 11.1. The average molecular weight is 225 g/mol. The van der Waals surface area contributed by atoms with Crippen LogP contribution in [-0.2, 0) is 4.74 Å². The molecule has 0 unspecified atom stereocenters. The van der Waals surface area contributed by atoms with Gasteiger partial charge in [0, 0.05) is 13.1 Å². The third-order valence-electron chi connectivity index (χ3n) is 4.08. The van der Waals surface area contributed by atoms with Gasteiger partial charge in [0.15, 0.2) is 0 Å². The van der Waals surface area contributed by atoms with Crippen molar-refractivity contribution in [3.63, 3.8) is 0 Å². The van der Waals surface area contributed by atoms with E-state index in [2.05, 4.69) is 32.2 Å². The molecule has 1 aliphatic heterocycles. The highest BCUT2D eigenvalue weighted by molar-refractivity contribution is 5.06. The Hall–Kier alpha value is -0.340. The van der Waals surface area contributed by atoms with Gasteiger partial charge in [-0.15, -0.1) is 0 Å². The molecule has 0 aliphatic carbocycles. The molecule has 16 heavy (non-hydrogen) atoms. The zero-order chi connectivity index (χ0) is 11.9. The van der Waals surface area contributed by atoms with Crippen molar-refractivity contribution < 1.29 is 4.74 Å². The maximum atomic E-state index is 5.44. The molecule has 2 heteroatoms. The van der Waals surface area contributed by atoms with Gasteiger partial charge >= 0.3 is 0 Å². The van der Waals surface area contributed by atoms with Crippen LogP contribution in [0.2, 0.25) is 0 Å². The number of nitrogens with one attached hydrogen (secondary N) is 1. The van der Waals surface area contributed by atoms with Crippen molar-refractivity contribution in [2.75, 3.05) is 26.3 Å². The Bertz CT molecular complexity index is 211. The molecule has 0 fully saturated rings. The van der Waals surface area contributed by atoms with E-state index in [4.69, 9.17) is 4.74 Å². The van der Waals surface area contributed by atoms with Crippen molar-refractivity contribution in [3.8, 4) is 0 Å². The first-order valence-corrected chi connectivity index (χ1v) is 6.72. The van der Waals surface area contributed by atoms with Crippen LogP contribution in [0.3, 0.4) is 0 Å². The molecule has 0 amide bonds. The van der Waals surface area contributed by atoms with E-state index >= 15 is 0 Å². The lowest BCUT2D eigenvalue weighted by molar-refractivity contribution is 0.147. The number of rotatable bonds is 7. The summed E-state index contributed by atoms with van der Waals surface area (Å²) in [5.74, 6) is 0. The molecule has 1 aliphatic rings. The lowest BCUT2D eigenvalue weighted by atomic mass is 9.80. The number of hydrogen-bond acceptors (Lipinski definition) is 2. The molecule has 1 N–H and O–H groups in total. The van der Waals surface area contributed by atoms with Crippen LogP contribution in [0.4, 0.5) is 0 Å². The van der Waals surface area contributed by atoms with E-state index in [1.165, 1.54) is 24.8 Å². The molecule has 0 aromatic rings. The minimum atomic E-state index is 0.496. The van der Waals surface area contributed by atoms with Crippen LogP contribution in [0.25, 0.3) is 0 Å². The van der Waals surface area contributed by atoms with Crippen molar-refractivity contribution in [3.05, 3.63) is 11.6 Å².